The molecule has 0 aromatic heterocycles. The maximum atomic E-state index is 12.1. The molecule has 0 atom stereocenters. The number of carbonyl (C=O) groups excluding carboxylic acids is 3. The van der Waals surface area contributed by atoms with E-state index in [1.54, 1.807) is 42.5 Å². The molecule has 3 rings (SSSR count). The van der Waals surface area contributed by atoms with Crippen LogP contribution in [-0.4, -0.2) is 43.7 Å². The summed E-state index contributed by atoms with van der Waals surface area (Å²) in [5.41, 5.74) is 3.65. The monoisotopic (exact) mass is 466 g/mol. The molecule has 3 amide bonds. The Morgan fingerprint density at radius 3 is 2.44 bits per heavy atom. The average Bonchev–Trinajstić information content (AvgIpc) is 2.84. The van der Waals surface area contributed by atoms with Crippen LogP contribution in [-0.2, 0) is 14.4 Å². The third-order valence-corrected chi connectivity index (χ3v) is 5.33. The first-order valence-electron chi connectivity index (χ1n) is 11.3. The van der Waals surface area contributed by atoms with Gasteiger partial charge in [-0.1, -0.05) is 31.4 Å². The minimum Gasteiger partial charge on any atom is -0.495 e. The summed E-state index contributed by atoms with van der Waals surface area (Å²) < 4.78 is 10.7. The van der Waals surface area contributed by atoms with Crippen molar-refractivity contribution in [2.24, 2.45) is 5.10 Å². The predicted molar refractivity (Wildman–Crippen MR) is 129 cm³/mol. The van der Waals surface area contributed by atoms with Crippen molar-refractivity contribution in [1.29, 1.82) is 0 Å². The van der Waals surface area contributed by atoms with Crippen LogP contribution in [0.2, 0.25) is 0 Å². The second-order valence-electron chi connectivity index (χ2n) is 7.98. The lowest BCUT2D eigenvalue weighted by Gasteiger charge is -2.22. The highest BCUT2D eigenvalue weighted by molar-refractivity contribution is 5.97. The molecule has 34 heavy (non-hydrogen) atoms. The summed E-state index contributed by atoms with van der Waals surface area (Å²) in [6.07, 6.45) is 6.58. The third-order valence-electron chi connectivity index (χ3n) is 5.33. The van der Waals surface area contributed by atoms with Crippen molar-refractivity contribution >= 4 is 29.6 Å². The number of carbonyl (C=O) groups is 3. The summed E-state index contributed by atoms with van der Waals surface area (Å²) >= 11 is 0. The standard InChI is InChI=1S/C25H30N4O5/c1-33-22-10-6-5-9-21(22)28-25(32)17-34-20-13-11-18(12-14-20)16-26-29-24(31)15-23(30)27-19-7-3-2-4-8-19/h5-6,9-14,16,19H,2-4,7-8,15,17H2,1H3,(H,27,30)(H,28,32)(H,29,31)/b26-16+. The first-order valence-corrected chi connectivity index (χ1v) is 11.3. The van der Waals surface area contributed by atoms with Crippen molar-refractivity contribution in [3.05, 3.63) is 54.1 Å². The summed E-state index contributed by atoms with van der Waals surface area (Å²) in [7, 11) is 1.53. The SMILES string of the molecule is COc1ccccc1NC(=O)COc1ccc(/C=N/NC(=O)CC(=O)NC2CCCCC2)cc1. The van der Waals surface area contributed by atoms with Crippen molar-refractivity contribution < 1.29 is 23.9 Å². The van der Waals surface area contributed by atoms with Gasteiger partial charge in [0.25, 0.3) is 5.91 Å². The zero-order valence-corrected chi connectivity index (χ0v) is 19.2. The highest BCUT2D eigenvalue weighted by Gasteiger charge is 2.17. The number of rotatable bonds is 10. The van der Waals surface area contributed by atoms with E-state index < -0.39 is 5.91 Å². The minimum atomic E-state index is -0.467. The average molecular weight is 467 g/mol. The van der Waals surface area contributed by atoms with Gasteiger partial charge in [0.05, 0.1) is 19.0 Å². The van der Waals surface area contributed by atoms with Crippen molar-refractivity contribution in [3.63, 3.8) is 0 Å². The van der Waals surface area contributed by atoms with Gasteiger partial charge in [-0.25, -0.2) is 5.43 Å². The molecule has 0 saturated heterocycles. The van der Waals surface area contributed by atoms with Gasteiger partial charge in [0.1, 0.15) is 17.9 Å². The van der Waals surface area contributed by atoms with Gasteiger partial charge in [-0.3, -0.25) is 14.4 Å². The number of hydrogen-bond donors (Lipinski definition) is 3. The molecule has 0 unspecified atom stereocenters. The molecule has 0 heterocycles. The van der Waals surface area contributed by atoms with E-state index in [9.17, 15) is 14.4 Å². The van der Waals surface area contributed by atoms with Crippen molar-refractivity contribution in [1.82, 2.24) is 10.7 Å². The molecule has 0 aliphatic heterocycles. The number of para-hydroxylation sites is 2. The van der Waals surface area contributed by atoms with E-state index in [0.717, 1.165) is 31.2 Å². The quantitative estimate of drug-likeness (QED) is 0.283. The van der Waals surface area contributed by atoms with E-state index in [1.807, 2.05) is 6.07 Å². The molecule has 180 valence electrons. The molecule has 0 spiro atoms. The summed E-state index contributed by atoms with van der Waals surface area (Å²) in [6.45, 7) is -0.162. The van der Waals surface area contributed by atoms with Gasteiger partial charge in [-0.2, -0.15) is 5.10 Å². The molecule has 1 aliphatic carbocycles. The van der Waals surface area contributed by atoms with Crippen LogP contribution in [0.15, 0.2) is 53.6 Å². The summed E-state index contributed by atoms with van der Waals surface area (Å²) in [5.74, 6) is 0.0129. The Morgan fingerprint density at radius 1 is 0.971 bits per heavy atom. The number of amides is 3. The van der Waals surface area contributed by atoms with Gasteiger partial charge < -0.3 is 20.1 Å². The van der Waals surface area contributed by atoms with Crippen LogP contribution in [0.3, 0.4) is 0 Å². The van der Waals surface area contributed by atoms with Crippen molar-refractivity contribution in [3.8, 4) is 11.5 Å². The van der Waals surface area contributed by atoms with E-state index >= 15 is 0 Å². The normalized spacial score (nSPS) is 13.8. The summed E-state index contributed by atoms with van der Waals surface area (Å²) in [5, 5.41) is 9.53. The van der Waals surface area contributed by atoms with E-state index in [2.05, 4.69) is 21.2 Å². The first-order chi connectivity index (χ1) is 16.5. The zero-order valence-electron chi connectivity index (χ0n) is 19.2. The number of methoxy groups -OCH3 is 1. The Morgan fingerprint density at radius 2 is 1.71 bits per heavy atom. The fourth-order valence-electron chi connectivity index (χ4n) is 3.62. The van der Waals surface area contributed by atoms with Crippen LogP contribution >= 0.6 is 0 Å². The molecular weight excluding hydrogens is 436 g/mol. The van der Waals surface area contributed by atoms with Crippen LogP contribution in [0.4, 0.5) is 5.69 Å². The Kier molecular flexibility index (Phi) is 9.45. The van der Waals surface area contributed by atoms with Crippen LogP contribution in [0, 0.1) is 0 Å². The number of nitrogens with one attached hydrogen (secondary N) is 3. The molecule has 2 aromatic rings. The van der Waals surface area contributed by atoms with Crippen LogP contribution in [0.25, 0.3) is 0 Å². The second kappa shape index (κ2) is 13.0. The molecular formula is C25H30N4O5. The Bertz CT molecular complexity index is 1000. The van der Waals surface area contributed by atoms with E-state index in [1.165, 1.54) is 19.7 Å². The number of benzene rings is 2. The molecule has 0 radical (unpaired) electrons. The number of anilines is 1. The summed E-state index contributed by atoms with van der Waals surface area (Å²) in [6, 6.07) is 14.1. The number of ether oxygens (including phenoxy) is 2. The number of hydrazone groups is 1. The fraction of sp³-hybridized carbons (Fsp3) is 0.360. The van der Waals surface area contributed by atoms with E-state index in [4.69, 9.17) is 9.47 Å². The molecule has 1 fully saturated rings. The fourth-order valence-corrected chi connectivity index (χ4v) is 3.62. The molecule has 9 heteroatoms. The summed E-state index contributed by atoms with van der Waals surface area (Å²) in [4.78, 5) is 36.0. The molecule has 1 aliphatic rings. The Labute approximate surface area is 198 Å². The van der Waals surface area contributed by atoms with Gasteiger partial charge in [0.15, 0.2) is 6.61 Å². The van der Waals surface area contributed by atoms with E-state index in [-0.39, 0.29) is 30.9 Å². The molecule has 9 nitrogen and oxygen atoms in total. The van der Waals surface area contributed by atoms with Crippen LogP contribution in [0.1, 0.15) is 44.1 Å². The highest BCUT2D eigenvalue weighted by Crippen LogP contribution is 2.23. The van der Waals surface area contributed by atoms with Crippen molar-refractivity contribution in [2.75, 3.05) is 19.0 Å². The smallest absolute Gasteiger partial charge is 0.262 e. The van der Waals surface area contributed by atoms with Crippen molar-refractivity contribution in [2.45, 2.75) is 44.6 Å². The highest BCUT2D eigenvalue weighted by atomic mass is 16.5. The molecule has 0 bridgehead atoms. The minimum absolute atomic E-state index is 0.162. The first kappa shape index (κ1) is 24.8. The van der Waals surface area contributed by atoms with Crippen LogP contribution < -0.4 is 25.5 Å². The van der Waals surface area contributed by atoms with Gasteiger partial charge in [0, 0.05) is 6.04 Å². The second-order valence-corrected chi connectivity index (χ2v) is 7.98. The third kappa shape index (κ3) is 8.23. The lowest BCUT2D eigenvalue weighted by molar-refractivity contribution is -0.129. The molecule has 1 saturated carbocycles. The largest absolute Gasteiger partial charge is 0.495 e. The van der Waals surface area contributed by atoms with Gasteiger partial charge >= 0.3 is 0 Å². The zero-order chi connectivity index (χ0) is 24.2. The molecule has 3 N–H and O–H groups in total. The number of nitrogens with zero attached hydrogens (tertiary/aromatic N) is 1. The Hall–Kier alpha value is -3.88. The predicted octanol–water partition coefficient (Wildman–Crippen LogP) is 3.00. The molecule has 2 aromatic carbocycles. The van der Waals surface area contributed by atoms with Gasteiger partial charge in [-0.15, -0.1) is 0 Å². The van der Waals surface area contributed by atoms with Crippen LogP contribution in [0.5, 0.6) is 11.5 Å². The van der Waals surface area contributed by atoms with Gasteiger partial charge in [0.2, 0.25) is 11.8 Å². The maximum Gasteiger partial charge on any atom is 0.262 e. The maximum absolute atomic E-state index is 12.1. The lowest BCUT2D eigenvalue weighted by Crippen LogP contribution is -2.38. The van der Waals surface area contributed by atoms with E-state index in [0.29, 0.717) is 17.2 Å². The lowest BCUT2D eigenvalue weighted by atomic mass is 9.95. The van der Waals surface area contributed by atoms with Gasteiger partial charge in [-0.05, 0) is 54.8 Å². The topological polar surface area (TPSA) is 118 Å². The Balaban J connectivity index is 1.37. The number of hydrogen-bond acceptors (Lipinski definition) is 6.